The maximum absolute atomic E-state index is 12.3. The van der Waals surface area contributed by atoms with E-state index in [2.05, 4.69) is 23.5 Å². The van der Waals surface area contributed by atoms with Gasteiger partial charge in [-0.15, -0.1) is 0 Å². The van der Waals surface area contributed by atoms with Crippen molar-refractivity contribution < 1.29 is 14.7 Å². The fourth-order valence-corrected chi connectivity index (χ4v) is 3.06. The summed E-state index contributed by atoms with van der Waals surface area (Å²) in [5.74, 6) is -1.09. The lowest BCUT2D eigenvalue weighted by molar-refractivity contribution is -0.143. The van der Waals surface area contributed by atoms with E-state index in [1.165, 1.54) is 0 Å². The van der Waals surface area contributed by atoms with E-state index in [1.54, 1.807) is 4.90 Å². The van der Waals surface area contributed by atoms with Crippen LogP contribution in [-0.2, 0) is 11.3 Å². The molecule has 0 radical (unpaired) electrons. The minimum Gasteiger partial charge on any atom is -0.481 e. The summed E-state index contributed by atoms with van der Waals surface area (Å²) in [5.41, 5.74) is 1.08. The number of benzene rings is 2. The summed E-state index contributed by atoms with van der Waals surface area (Å²) >= 11 is 0. The smallest absolute Gasteiger partial charge is 0.317 e. The van der Waals surface area contributed by atoms with Crippen LogP contribution in [0, 0.1) is 5.92 Å². The van der Waals surface area contributed by atoms with Crippen molar-refractivity contribution >= 4 is 22.8 Å². The van der Waals surface area contributed by atoms with Gasteiger partial charge in [-0.2, -0.15) is 0 Å². The van der Waals surface area contributed by atoms with Crippen molar-refractivity contribution in [2.24, 2.45) is 5.92 Å². The van der Waals surface area contributed by atoms with Gasteiger partial charge in [0.15, 0.2) is 0 Å². The predicted molar refractivity (Wildman–Crippen MR) is 88.1 cm³/mol. The van der Waals surface area contributed by atoms with Crippen LogP contribution in [0.1, 0.15) is 18.4 Å². The molecule has 2 amide bonds. The van der Waals surface area contributed by atoms with Crippen LogP contribution in [0.4, 0.5) is 4.79 Å². The van der Waals surface area contributed by atoms with Crippen LogP contribution in [0.2, 0.25) is 0 Å². The highest BCUT2D eigenvalue weighted by Gasteiger charge is 2.26. The van der Waals surface area contributed by atoms with Gasteiger partial charge in [0.1, 0.15) is 0 Å². The zero-order chi connectivity index (χ0) is 16.2. The number of piperidine rings is 1. The number of hydrogen-bond donors (Lipinski definition) is 2. The van der Waals surface area contributed by atoms with Gasteiger partial charge in [-0.25, -0.2) is 4.79 Å². The zero-order valence-electron chi connectivity index (χ0n) is 12.9. The van der Waals surface area contributed by atoms with E-state index < -0.39 is 5.97 Å². The zero-order valence-corrected chi connectivity index (χ0v) is 12.9. The van der Waals surface area contributed by atoms with Gasteiger partial charge in [-0.05, 0) is 29.2 Å². The molecule has 0 spiro atoms. The first kappa shape index (κ1) is 15.3. The third-order valence-electron chi connectivity index (χ3n) is 4.44. The Morgan fingerprint density at radius 3 is 2.52 bits per heavy atom. The van der Waals surface area contributed by atoms with Crippen molar-refractivity contribution in [3.8, 4) is 0 Å². The summed E-state index contributed by atoms with van der Waals surface area (Å²) in [4.78, 5) is 24.9. The fourth-order valence-electron chi connectivity index (χ4n) is 3.06. The van der Waals surface area contributed by atoms with Gasteiger partial charge in [0.05, 0.1) is 5.92 Å². The highest BCUT2D eigenvalue weighted by molar-refractivity contribution is 5.86. The molecule has 5 heteroatoms. The van der Waals surface area contributed by atoms with Crippen molar-refractivity contribution in [1.29, 1.82) is 0 Å². The molecule has 0 bridgehead atoms. The van der Waals surface area contributed by atoms with E-state index in [-0.39, 0.29) is 11.9 Å². The van der Waals surface area contributed by atoms with Crippen molar-refractivity contribution in [1.82, 2.24) is 10.2 Å². The molecule has 23 heavy (non-hydrogen) atoms. The van der Waals surface area contributed by atoms with Crippen molar-refractivity contribution in [3.05, 3.63) is 48.0 Å². The summed E-state index contributed by atoms with van der Waals surface area (Å²) < 4.78 is 0. The first-order chi connectivity index (χ1) is 11.1. The van der Waals surface area contributed by atoms with Crippen molar-refractivity contribution in [2.75, 3.05) is 13.1 Å². The van der Waals surface area contributed by atoms with E-state index in [0.29, 0.717) is 32.5 Å². The molecule has 1 fully saturated rings. The number of carbonyl (C=O) groups is 2. The van der Waals surface area contributed by atoms with Crippen LogP contribution in [-0.4, -0.2) is 35.1 Å². The molecular weight excluding hydrogens is 292 g/mol. The maximum Gasteiger partial charge on any atom is 0.317 e. The second kappa shape index (κ2) is 6.69. The van der Waals surface area contributed by atoms with Gasteiger partial charge < -0.3 is 15.3 Å². The Balaban J connectivity index is 1.60. The molecule has 120 valence electrons. The number of rotatable bonds is 3. The second-order valence-corrected chi connectivity index (χ2v) is 5.90. The van der Waals surface area contributed by atoms with Gasteiger partial charge in [0, 0.05) is 19.6 Å². The SMILES string of the molecule is O=C(O)C1CCN(C(=O)NCc2cccc3ccccc23)CC1. The first-order valence-electron chi connectivity index (χ1n) is 7.87. The lowest BCUT2D eigenvalue weighted by atomic mass is 9.97. The number of nitrogens with zero attached hydrogens (tertiary/aromatic N) is 1. The molecule has 0 unspecified atom stereocenters. The monoisotopic (exact) mass is 312 g/mol. The summed E-state index contributed by atoms with van der Waals surface area (Å²) in [6, 6.07) is 14.0. The molecule has 5 nitrogen and oxygen atoms in total. The lowest BCUT2D eigenvalue weighted by Gasteiger charge is -2.30. The number of carboxylic acid groups (broad SMARTS) is 1. The molecule has 0 saturated carbocycles. The number of hydrogen-bond acceptors (Lipinski definition) is 2. The summed E-state index contributed by atoms with van der Waals surface area (Å²) in [5, 5.41) is 14.2. The molecular formula is C18H20N2O3. The first-order valence-corrected chi connectivity index (χ1v) is 7.87. The predicted octanol–water partition coefficient (Wildman–Crippen LogP) is 2.85. The average Bonchev–Trinajstić information content (AvgIpc) is 2.59. The quantitative estimate of drug-likeness (QED) is 0.915. The molecule has 1 aliphatic rings. The summed E-state index contributed by atoms with van der Waals surface area (Å²) in [6.45, 7) is 1.47. The Hall–Kier alpha value is -2.56. The fraction of sp³-hybridized carbons (Fsp3) is 0.333. The largest absolute Gasteiger partial charge is 0.481 e. The van der Waals surface area contributed by atoms with Gasteiger partial charge in [0.2, 0.25) is 0 Å². The number of urea groups is 1. The summed E-state index contributed by atoms with van der Waals surface area (Å²) in [6.07, 6.45) is 1.05. The van der Waals surface area contributed by atoms with E-state index in [1.807, 2.05) is 24.3 Å². The van der Waals surface area contributed by atoms with Crippen LogP contribution in [0.25, 0.3) is 10.8 Å². The topological polar surface area (TPSA) is 69.6 Å². The van der Waals surface area contributed by atoms with Crippen molar-refractivity contribution in [3.63, 3.8) is 0 Å². The van der Waals surface area contributed by atoms with Crippen LogP contribution >= 0.6 is 0 Å². The van der Waals surface area contributed by atoms with Gasteiger partial charge in [0.25, 0.3) is 0 Å². The number of amides is 2. The Labute approximate surface area is 134 Å². The Bertz CT molecular complexity index is 716. The highest BCUT2D eigenvalue weighted by atomic mass is 16.4. The Kier molecular flexibility index (Phi) is 4.46. The molecule has 2 aromatic carbocycles. The highest BCUT2D eigenvalue weighted by Crippen LogP contribution is 2.19. The normalized spacial score (nSPS) is 15.6. The standard InChI is InChI=1S/C18H20N2O3/c21-17(22)14-8-10-20(11-9-14)18(23)19-12-15-6-3-5-13-4-1-2-7-16(13)15/h1-7,14H,8-12H2,(H,19,23)(H,21,22). The minimum atomic E-state index is -0.763. The molecule has 0 aromatic heterocycles. The van der Waals surface area contributed by atoms with Gasteiger partial charge >= 0.3 is 12.0 Å². The third kappa shape index (κ3) is 3.44. The molecule has 1 aliphatic heterocycles. The molecule has 0 atom stereocenters. The second-order valence-electron chi connectivity index (χ2n) is 5.90. The van der Waals surface area contributed by atoms with Crippen LogP contribution in [0.3, 0.4) is 0 Å². The van der Waals surface area contributed by atoms with E-state index in [4.69, 9.17) is 5.11 Å². The van der Waals surface area contributed by atoms with Gasteiger partial charge in [-0.1, -0.05) is 42.5 Å². The third-order valence-corrected chi connectivity index (χ3v) is 4.44. The number of aliphatic carboxylic acids is 1. The molecule has 3 rings (SSSR count). The average molecular weight is 312 g/mol. The number of nitrogens with one attached hydrogen (secondary N) is 1. The Morgan fingerprint density at radius 2 is 1.78 bits per heavy atom. The molecule has 1 saturated heterocycles. The Morgan fingerprint density at radius 1 is 1.09 bits per heavy atom. The number of carbonyl (C=O) groups excluding carboxylic acids is 1. The summed E-state index contributed by atoms with van der Waals surface area (Å²) in [7, 11) is 0. The number of carboxylic acids is 1. The number of likely N-dealkylation sites (tertiary alicyclic amines) is 1. The minimum absolute atomic E-state index is 0.123. The van der Waals surface area contributed by atoms with Crippen molar-refractivity contribution in [2.45, 2.75) is 19.4 Å². The molecule has 1 heterocycles. The molecule has 2 aromatic rings. The maximum atomic E-state index is 12.3. The van der Waals surface area contributed by atoms with E-state index >= 15 is 0 Å². The molecule has 2 N–H and O–H groups in total. The molecule has 0 aliphatic carbocycles. The van der Waals surface area contributed by atoms with Crippen LogP contribution in [0.5, 0.6) is 0 Å². The van der Waals surface area contributed by atoms with Crippen LogP contribution in [0.15, 0.2) is 42.5 Å². The lowest BCUT2D eigenvalue weighted by Crippen LogP contribution is -2.45. The van der Waals surface area contributed by atoms with Gasteiger partial charge in [-0.3, -0.25) is 4.79 Å². The number of fused-ring (bicyclic) bond motifs is 1. The van der Waals surface area contributed by atoms with E-state index in [9.17, 15) is 9.59 Å². The van der Waals surface area contributed by atoms with E-state index in [0.717, 1.165) is 16.3 Å². The van der Waals surface area contributed by atoms with Crippen LogP contribution < -0.4 is 5.32 Å².